The summed E-state index contributed by atoms with van der Waals surface area (Å²) in [5.41, 5.74) is 0. The Hall–Kier alpha value is 0.610. The Kier molecular flexibility index (Phi) is 4.75. The van der Waals surface area contributed by atoms with E-state index in [1.807, 2.05) is 22.6 Å². The van der Waals surface area contributed by atoms with E-state index in [0.29, 0.717) is 12.5 Å². The number of hydrogen-bond acceptors (Lipinski definition) is 3. The van der Waals surface area contributed by atoms with E-state index in [4.69, 9.17) is 10.6 Å². The molecule has 10 heavy (non-hydrogen) atoms. The van der Waals surface area contributed by atoms with Gasteiger partial charge in [-0.3, -0.25) is 4.84 Å². The molecule has 0 bridgehead atoms. The van der Waals surface area contributed by atoms with Crippen molar-refractivity contribution in [3.63, 3.8) is 0 Å². The molecule has 0 amide bonds. The van der Waals surface area contributed by atoms with E-state index in [9.17, 15) is 0 Å². The van der Waals surface area contributed by atoms with Crippen LogP contribution in [0, 0.1) is 5.92 Å². The van der Waals surface area contributed by atoms with E-state index in [1.54, 1.807) is 6.92 Å². The van der Waals surface area contributed by atoms with Gasteiger partial charge in [-0.1, -0.05) is 13.8 Å². The van der Waals surface area contributed by atoms with Crippen LogP contribution in [0.5, 0.6) is 0 Å². The van der Waals surface area contributed by atoms with Gasteiger partial charge in [-0.2, -0.15) is 0 Å². The molecule has 4 heteroatoms. The van der Waals surface area contributed by atoms with Crippen molar-refractivity contribution in [2.75, 3.05) is 6.61 Å². The molecule has 0 fully saturated rings. The topological polar surface area (TPSA) is 44.5 Å². The van der Waals surface area contributed by atoms with Gasteiger partial charge >= 0.3 is 0 Å². The Morgan fingerprint density at radius 2 is 2.10 bits per heavy atom. The molecule has 0 aromatic carbocycles. The standard InChI is InChI=1S/C6H14INO2/c1-5(2)4-9-6(3,7)10-8/h5H,4,8H2,1-3H3. The summed E-state index contributed by atoms with van der Waals surface area (Å²) < 4.78 is 4.60. The number of hydrogen-bond donors (Lipinski definition) is 1. The third-order valence-electron chi connectivity index (χ3n) is 0.885. The Bertz CT molecular complexity index is 95.7. The van der Waals surface area contributed by atoms with Crippen LogP contribution in [-0.4, -0.2) is 10.4 Å². The number of ether oxygens (including phenoxy) is 1. The fraction of sp³-hybridized carbons (Fsp3) is 1.00. The highest BCUT2D eigenvalue weighted by molar-refractivity contribution is 14.1. The maximum atomic E-state index is 5.28. The molecule has 0 radical (unpaired) electrons. The highest BCUT2D eigenvalue weighted by atomic mass is 127. The van der Waals surface area contributed by atoms with Gasteiger partial charge in [0.1, 0.15) is 0 Å². The maximum absolute atomic E-state index is 5.28. The molecule has 0 spiro atoms. The average Bonchev–Trinajstić information content (AvgIpc) is 1.85. The van der Waals surface area contributed by atoms with Crippen LogP contribution in [0.4, 0.5) is 0 Å². The average molecular weight is 259 g/mol. The largest absolute Gasteiger partial charge is 0.340 e. The van der Waals surface area contributed by atoms with E-state index in [-0.39, 0.29) is 0 Å². The van der Waals surface area contributed by atoms with Gasteiger partial charge in [0.05, 0.1) is 6.61 Å². The first kappa shape index (κ1) is 10.6. The lowest BCUT2D eigenvalue weighted by atomic mass is 10.2. The van der Waals surface area contributed by atoms with Crippen LogP contribution in [0.2, 0.25) is 0 Å². The Morgan fingerprint density at radius 3 is 2.40 bits per heavy atom. The van der Waals surface area contributed by atoms with Crippen LogP contribution in [0.3, 0.4) is 0 Å². The maximum Gasteiger partial charge on any atom is 0.236 e. The third kappa shape index (κ3) is 5.40. The van der Waals surface area contributed by atoms with Gasteiger partial charge in [0, 0.05) is 6.92 Å². The minimum absolute atomic E-state index is 0.504. The molecule has 1 unspecified atom stereocenters. The summed E-state index contributed by atoms with van der Waals surface area (Å²) in [6.07, 6.45) is 0. The van der Waals surface area contributed by atoms with Crippen molar-refractivity contribution in [2.24, 2.45) is 11.8 Å². The highest BCUT2D eigenvalue weighted by Gasteiger charge is 2.20. The summed E-state index contributed by atoms with van der Waals surface area (Å²) in [6, 6.07) is 0. The number of halogens is 1. The Morgan fingerprint density at radius 1 is 1.60 bits per heavy atom. The zero-order valence-electron chi connectivity index (χ0n) is 6.56. The quantitative estimate of drug-likeness (QED) is 0.361. The number of rotatable bonds is 4. The first-order valence-corrected chi connectivity index (χ1v) is 4.26. The van der Waals surface area contributed by atoms with Crippen LogP contribution >= 0.6 is 22.6 Å². The molecule has 0 aliphatic carbocycles. The molecule has 0 rings (SSSR count). The molecule has 1 atom stereocenters. The molecular formula is C6H14INO2. The lowest BCUT2D eigenvalue weighted by Gasteiger charge is -2.21. The minimum atomic E-state index is -0.679. The van der Waals surface area contributed by atoms with Gasteiger partial charge in [0.2, 0.25) is 3.79 Å². The highest BCUT2D eigenvalue weighted by Crippen LogP contribution is 2.19. The van der Waals surface area contributed by atoms with Crippen molar-refractivity contribution in [3.8, 4) is 0 Å². The van der Waals surface area contributed by atoms with E-state index in [2.05, 4.69) is 18.7 Å². The van der Waals surface area contributed by atoms with E-state index in [1.165, 1.54) is 0 Å². The van der Waals surface area contributed by atoms with Gasteiger partial charge in [0.25, 0.3) is 0 Å². The van der Waals surface area contributed by atoms with Gasteiger partial charge in [-0.05, 0) is 28.5 Å². The summed E-state index contributed by atoms with van der Waals surface area (Å²) in [5.74, 6) is 5.46. The minimum Gasteiger partial charge on any atom is -0.340 e. The second kappa shape index (κ2) is 4.48. The number of nitrogens with two attached hydrogens (primary N) is 1. The van der Waals surface area contributed by atoms with Gasteiger partial charge in [-0.25, -0.2) is 5.90 Å². The summed E-state index contributed by atoms with van der Waals surface area (Å²) in [5, 5.41) is 0. The van der Waals surface area contributed by atoms with Crippen LogP contribution in [0.15, 0.2) is 0 Å². The molecule has 3 nitrogen and oxygen atoms in total. The van der Waals surface area contributed by atoms with Crippen molar-refractivity contribution < 1.29 is 9.57 Å². The summed E-state index contributed by atoms with van der Waals surface area (Å²) in [4.78, 5) is 4.55. The van der Waals surface area contributed by atoms with E-state index < -0.39 is 3.79 Å². The molecule has 0 aromatic rings. The molecule has 0 saturated carbocycles. The van der Waals surface area contributed by atoms with Crippen LogP contribution in [-0.2, 0) is 9.57 Å². The van der Waals surface area contributed by atoms with E-state index in [0.717, 1.165) is 0 Å². The molecule has 0 heterocycles. The van der Waals surface area contributed by atoms with Crippen LogP contribution in [0.1, 0.15) is 20.8 Å². The fourth-order valence-electron chi connectivity index (χ4n) is 0.350. The molecule has 0 aliphatic rings. The second-order valence-electron chi connectivity index (χ2n) is 2.66. The predicted octanol–water partition coefficient (Wildman–Crippen LogP) is 1.66. The molecule has 0 saturated heterocycles. The second-order valence-corrected chi connectivity index (χ2v) is 4.62. The Balaban J connectivity index is 3.46. The normalized spacial score (nSPS) is 17.4. The zero-order valence-corrected chi connectivity index (χ0v) is 8.71. The molecule has 2 N–H and O–H groups in total. The summed E-state index contributed by atoms with van der Waals surface area (Å²) in [6.45, 7) is 6.58. The summed E-state index contributed by atoms with van der Waals surface area (Å²) in [7, 11) is 0. The van der Waals surface area contributed by atoms with Crippen molar-refractivity contribution in [3.05, 3.63) is 0 Å². The Labute approximate surface area is 75.3 Å². The van der Waals surface area contributed by atoms with Crippen LogP contribution < -0.4 is 5.90 Å². The molecule has 0 aliphatic heterocycles. The molecular weight excluding hydrogens is 245 g/mol. The van der Waals surface area contributed by atoms with Gasteiger partial charge < -0.3 is 4.74 Å². The predicted molar refractivity (Wildman–Crippen MR) is 48.5 cm³/mol. The van der Waals surface area contributed by atoms with Gasteiger partial charge in [0.15, 0.2) is 0 Å². The zero-order chi connectivity index (χ0) is 8.20. The molecule has 62 valence electrons. The number of alkyl halides is 1. The lowest BCUT2D eigenvalue weighted by Crippen LogP contribution is -2.29. The summed E-state index contributed by atoms with van der Waals surface area (Å²) >= 11 is 2.00. The van der Waals surface area contributed by atoms with Crippen LogP contribution in [0.25, 0.3) is 0 Å². The van der Waals surface area contributed by atoms with Crippen molar-refractivity contribution in [1.82, 2.24) is 0 Å². The molecule has 0 aromatic heterocycles. The lowest BCUT2D eigenvalue weighted by molar-refractivity contribution is -0.153. The first-order valence-electron chi connectivity index (χ1n) is 3.18. The van der Waals surface area contributed by atoms with Crippen molar-refractivity contribution in [1.29, 1.82) is 0 Å². The van der Waals surface area contributed by atoms with Gasteiger partial charge in [-0.15, -0.1) is 0 Å². The smallest absolute Gasteiger partial charge is 0.236 e. The first-order chi connectivity index (χ1) is 4.48. The third-order valence-corrected chi connectivity index (χ3v) is 1.45. The van der Waals surface area contributed by atoms with Crippen molar-refractivity contribution in [2.45, 2.75) is 24.6 Å². The van der Waals surface area contributed by atoms with Crippen molar-refractivity contribution >= 4 is 22.6 Å². The SMILES string of the molecule is CC(C)COC(C)(I)ON. The monoisotopic (exact) mass is 259 g/mol. The van der Waals surface area contributed by atoms with E-state index >= 15 is 0 Å². The fourth-order valence-corrected chi connectivity index (χ4v) is 0.529.